The summed E-state index contributed by atoms with van der Waals surface area (Å²) in [7, 11) is 1.64. The molecule has 1 aliphatic heterocycles. The molecule has 1 heterocycles. The van der Waals surface area contributed by atoms with Crippen molar-refractivity contribution >= 4 is 23.6 Å². The molecule has 2 aromatic carbocycles. The number of methoxy groups -OCH3 is 1. The molecule has 3 nitrogen and oxygen atoms in total. The molecule has 2 aromatic rings. The molecular formula is C19H18ClNO2. The van der Waals surface area contributed by atoms with Crippen molar-refractivity contribution in [2.75, 3.05) is 7.11 Å². The number of ether oxygens (including phenoxy) is 1. The number of benzene rings is 2. The molecule has 4 heteroatoms. The van der Waals surface area contributed by atoms with Crippen LogP contribution in [0.1, 0.15) is 24.0 Å². The van der Waals surface area contributed by atoms with Gasteiger partial charge in [0.15, 0.2) is 0 Å². The van der Waals surface area contributed by atoms with E-state index < -0.39 is 0 Å². The van der Waals surface area contributed by atoms with Gasteiger partial charge in [-0.15, -0.1) is 0 Å². The van der Waals surface area contributed by atoms with E-state index in [1.165, 1.54) is 0 Å². The van der Waals surface area contributed by atoms with Crippen LogP contribution in [0.4, 0.5) is 0 Å². The number of carbonyl (C=O) groups is 1. The van der Waals surface area contributed by atoms with Gasteiger partial charge in [-0.3, -0.25) is 4.79 Å². The Morgan fingerprint density at radius 3 is 2.70 bits per heavy atom. The molecule has 23 heavy (non-hydrogen) atoms. The van der Waals surface area contributed by atoms with Gasteiger partial charge in [0, 0.05) is 17.1 Å². The number of nitrogens with zero attached hydrogens (tertiary/aromatic N) is 1. The summed E-state index contributed by atoms with van der Waals surface area (Å²) in [5, 5.41) is 0.711. The lowest BCUT2D eigenvalue weighted by Gasteiger charge is -2.19. The summed E-state index contributed by atoms with van der Waals surface area (Å²) in [6.07, 6.45) is 3.39. The number of amides is 1. The molecular weight excluding hydrogens is 310 g/mol. The Bertz CT molecular complexity index is 737. The summed E-state index contributed by atoms with van der Waals surface area (Å²) in [5.41, 5.74) is 3.15. The van der Waals surface area contributed by atoms with Gasteiger partial charge in [-0.1, -0.05) is 35.9 Å². The van der Waals surface area contributed by atoms with Crippen molar-refractivity contribution in [3.8, 4) is 5.75 Å². The second-order valence-electron chi connectivity index (χ2n) is 5.52. The highest BCUT2D eigenvalue weighted by molar-refractivity contribution is 6.30. The van der Waals surface area contributed by atoms with Crippen LogP contribution in [0.2, 0.25) is 5.02 Å². The van der Waals surface area contributed by atoms with E-state index in [1.54, 1.807) is 7.11 Å². The van der Waals surface area contributed by atoms with Crippen LogP contribution in [0, 0.1) is 0 Å². The molecule has 3 rings (SSSR count). The fraction of sp³-hybridized carbons (Fsp3) is 0.211. The number of carbonyl (C=O) groups excluding carboxylic acids is 1. The maximum atomic E-state index is 12.2. The second-order valence-corrected chi connectivity index (χ2v) is 5.96. The van der Waals surface area contributed by atoms with Gasteiger partial charge < -0.3 is 9.64 Å². The Balaban J connectivity index is 1.83. The SMILES string of the molecule is COc1cccc(CN2C(=O)CC/C2=C/c2ccc(Cl)cc2)c1. The molecule has 0 aromatic heterocycles. The van der Waals surface area contributed by atoms with Crippen molar-refractivity contribution in [1.82, 2.24) is 4.90 Å². The zero-order chi connectivity index (χ0) is 16.2. The summed E-state index contributed by atoms with van der Waals surface area (Å²) in [6, 6.07) is 15.5. The van der Waals surface area contributed by atoms with Gasteiger partial charge in [0.05, 0.1) is 13.7 Å². The number of halogens is 1. The van der Waals surface area contributed by atoms with Gasteiger partial charge in [0.1, 0.15) is 5.75 Å². The maximum absolute atomic E-state index is 12.2. The van der Waals surface area contributed by atoms with Gasteiger partial charge in [0.25, 0.3) is 0 Å². The molecule has 0 radical (unpaired) electrons. The maximum Gasteiger partial charge on any atom is 0.227 e. The summed E-state index contributed by atoms with van der Waals surface area (Å²) < 4.78 is 5.25. The van der Waals surface area contributed by atoms with E-state index >= 15 is 0 Å². The molecule has 0 spiro atoms. The predicted octanol–water partition coefficient (Wildman–Crippen LogP) is 4.51. The molecule has 0 bridgehead atoms. The van der Waals surface area contributed by atoms with Crippen LogP contribution in [0.15, 0.2) is 54.2 Å². The second kappa shape index (κ2) is 6.88. The summed E-state index contributed by atoms with van der Waals surface area (Å²) in [6.45, 7) is 0.565. The molecule has 0 aliphatic carbocycles. The molecule has 0 N–H and O–H groups in total. The smallest absolute Gasteiger partial charge is 0.227 e. The highest BCUT2D eigenvalue weighted by Crippen LogP contribution is 2.28. The molecule has 1 aliphatic rings. The third-order valence-corrected chi connectivity index (χ3v) is 4.17. The van der Waals surface area contributed by atoms with Crippen LogP contribution < -0.4 is 4.74 Å². The zero-order valence-corrected chi connectivity index (χ0v) is 13.7. The van der Waals surface area contributed by atoms with E-state index in [-0.39, 0.29) is 5.91 Å². The minimum Gasteiger partial charge on any atom is -0.497 e. The summed E-state index contributed by atoms with van der Waals surface area (Å²) in [5.74, 6) is 0.963. The first-order chi connectivity index (χ1) is 11.2. The number of hydrogen-bond donors (Lipinski definition) is 0. The van der Waals surface area contributed by atoms with E-state index in [4.69, 9.17) is 16.3 Å². The number of allylic oxidation sites excluding steroid dienone is 1. The van der Waals surface area contributed by atoms with Crippen molar-refractivity contribution < 1.29 is 9.53 Å². The number of hydrogen-bond acceptors (Lipinski definition) is 2. The number of likely N-dealkylation sites (tertiary alicyclic amines) is 1. The van der Waals surface area contributed by atoms with Crippen LogP contribution in [-0.2, 0) is 11.3 Å². The lowest BCUT2D eigenvalue weighted by Crippen LogP contribution is -2.22. The Kier molecular flexibility index (Phi) is 4.68. The standard InChI is InChI=1S/C19H18ClNO2/c1-23-18-4-2-3-15(12-18)13-21-17(9-10-19(21)22)11-14-5-7-16(20)8-6-14/h2-8,11-12H,9-10,13H2,1H3/b17-11-. The first-order valence-corrected chi connectivity index (χ1v) is 7.93. The fourth-order valence-electron chi connectivity index (χ4n) is 2.71. The van der Waals surface area contributed by atoms with Crippen LogP contribution in [0.3, 0.4) is 0 Å². The zero-order valence-electron chi connectivity index (χ0n) is 13.0. The Hall–Kier alpha value is -2.26. The lowest BCUT2D eigenvalue weighted by molar-refractivity contribution is -0.127. The molecule has 1 fully saturated rings. The number of rotatable bonds is 4. The Morgan fingerprint density at radius 2 is 1.96 bits per heavy atom. The monoisotopic (exact) mass is 327 g/mol. The first kappa shape index (κ1) is 15.6. The van der Waals surface area contributed by atoms with E-state index in [0.717, 1.165) is 29.0 Å². The summed E-state index contributed by atoms with van der Waals surface area (Å²) in [4.78, 5) is 14.1. The highest BCUT2D eigenvalue weighted by atomic mass is 35.5. The normalized spacial score (nSPS) is 16.2. The predicted molar refractivity (Wildman–Crippen MR) is 92.2 cm³/mol. The molecule has 1 amide bonds. The minimum atomic E-state index is 0.160. The van der Waals surface area contributed by atoms with Gasteiger partial charge >= 0.3 is 0 Å². The topological polar surface area (TPSA) is 29.5 Å². The van der Waals surface area contributed by atoms with Crippen molar-refractivity contribution in [3.05, 3.63) is 70.4 Å². The molecule has 1 saturated heterocycles. The van der Waals surface area contributed by atoms with E-state index in [0.29, 0.717) is 18.0 Å². The Morgan fingerprint density at radius 1 is 1.17 bits per heavy atom. The van der Waals surface area contributed by atoms with Gasteiger partial charge in [0.2, 0.25) is 5.91 Å². The van der Waals surface area contributed by atoms with Gasteiger partial charge in [-0.2, -0.15) is 0 Å². The Labute approximate surface area is 141 Å². The molecule has 0 saturated carbocycles. The summed E-state index contributed by atoms with van der Waals surface area (Å²) >= 11 is 5.92. The quantitative estimate of drug-likeness (QED) is 0.826. The average molecular weight is 328 g/mol. The van der Waals surface area contributed by atoms with Crippen LogP contribution >= 0.6 is 11.6 Å². The van der Waals surface area contributed by atoms with E-state index in [1.807, 2.05) is 53.4 Å². The molecule has 118 valence electrons. The molecule has 0 atom stereocenters. The molecule has 0 unspecified atom stereocenters. The highest BCUT2D eigenvalue weighted by Gasteiger charge is 2.25. The first-order valence-electron chi connectivity index (χ1n) is 7.55. The van der Waals surface area contributed by atoms with Crippen LogP contribution in [-0.4, -0.2) is 17.9 Å². The third kappa shape index (κ3) is 3.74. The van der Waals surface area contributed by atoms with E-state index in [2.05, 4.69) is 6.08 Å². The van der Waals surface area contributed by atoms with E-state index in [9.17, 15) is 4.79 Å². The van der Waals surface area contributed by atoms with Crippen LogP contribution in [0.5, 0.6) is 5.75 Å². The minimum absolute atomic E-state index is 0.160. The van der Waals surface area contributed by atoms with Gasteiger partial charge in [-0.05, 0) is 47.9 Å². The van der Waals surface area contributed by atoms with Gasteiger partial charge in [-0.25, -0.2) is 0 Å². The lowest BCUT2D eigenvalue weighted by atomic mass is 10.1. The van der Waals surface area contributed by atoms with Crippen molar-refractivity contribution in [2.45, 2.75) is 19.4 Å². The average Bonchev–Trinajstić information content (AvgIpc) is 2.90. The van der Waals surface area contributed by atoms with Crippen molar-refractivity contribution in [2.24, 2.45) is 0 Å². The largest absolute Gasteiger partial charge is 0.497 e. The third-order valence-electron chi connectivity index (χ3n) is 3.92. The van der Waals surface area contributed by atoms with Crippen LogP contribution in [0.25, 0.3) is 6.08 Å². The fourth-order valence-corrected chi connectivity index (χ4v) is 2.84. The van der Waals surface area contributed by atoms with Crippen molar-refractivity contribution in [3.63, 3.8) is 0 Å². The van der Waals surface area contributed by atoms with Crippen molar-refractivity contribution in [1.29, 1.82) is 0 Å².